The predicted molar refractivity (Wildman–Crippen MR) is 98.2 cm³/mol. The van der Waals surface area contributed by atoms with Crippen molar-refractivity contribution in [2.45, 2.75) is 18.9 Å². The molecular weight excluding hydrogens is 338 g/mol. The monoisotopic (exact) mass is 357 g/mol. The molecule has 2 aromatic rings. The molecule has 1 aromatic carbocycles. The maximum Gasteiger partial charge on any atom is 0.257 e. The summed E-state index contributed by atoms with van der Waals surface area (Å²) in [6, 6.07) is 8.32. The highest BCUT2D eigenvalue weighted by molar-refractivity contribution is 6.30. The molecule has 1 saturated carbocycles. The van der Waals surface area contributed by atoms with Crippen molar-refractivity contribution >= 4 is 29.1 Å². The Bertz CT molecular complexity index is 754. The first-order valence-corrected chi connectivity index (χ1v) is 8.95. The van der Waals surface area contributed by atoms with Crippen LogP contribution in [0.4, 0.5) is 11.6 Å². The number of benzene rings is 1. The molecule has 1 N–H and O–H groups in total. The molecule has 1 aromatic heterocycles. The van der Waals surface area contributed by atoms with Crippen LogP contribution in [0, 0.1) is 0 Å². The van der Waals surface area contributed by atoms with E-state index < -0.39 is 0 Å². The lowest BCUT2D eigenvalue weighted by Gasteiger charge is -2.36. The molecule has 6 nitrogen and oxygen atoms in total. The summed E-state index contributed by atoms with van der Waals surface area (Å²) >= 11 is 6.06. The summed E-state index contributed by atoms with van der Waals surface area (Å²) in [4.78, 5) is 25.2. The number of amides is 1. The Balaban J connectivity index is 1.35. The van der Waals surface area contributed by atoms with Gasteiger partial charge in [0.1, 0.15) is 0 Å². The molecular formula is C18H20ClN5O. The third-order valence-corrected chi connectivity index (χ3v) is 4.78. The fourth-order valence-corrected chi connectivity index (χ4v) is 3.13. The maximum absolute atomic E-state index is 12.6. The van der Waals surface area contributed by atoms with Crippen LogP contribution < -0.4 is 10.2 Å². The van der Waals surface area contributed by atoms with Crippen molar-refractivity contribution in [1.29, 1.82) is 0 Å². The van der Waals surface area contributed by atoms with Gasteiger partial charge in [-0.3, -0.25) is 4.79 Å². The number of nitrogens with one attached hydrogen (secondary N) is 1. The number of hydrogen-bond acceptors (Lipinski definition) is 5. The molecule has 0 unspecified atom stereocenters. The number of hydrogen-bond donors (Lipinski definition) is 1. The van der Waals surface area contributed by atoms with Crippen LogP contribution in [0.3, 0.4) is 0 Å². The molecule has 2 fully saturated rings. The summed E-state index contributed by atoms with van der Waals surface area (Å²) in [5.74, 6) is 0.591. The third-order valence-electron chi connectivity index (χ3n) is 4.55. The normalized spacial score (nSPS) is 17.5. The highest BCUT2D eigenvalue weighted by Crippen LogP contribution is 2.23. The first kappa shape index (κ1) is 16.1. The van der Waals surface area contributed by atoms with Gasteiger partial charge in [0.05, 0.1) is 5.56 Å². The van der Waals surface area contributed by atoms with E-state index in [1.807, 2.05) is 29.2 Å². The van der Waals surface area contributed by atoms with Crippen molar-refractivity contribution in [2.24, 2.45) is 0 Å². The highest BCUT2D eigenvalue weighted by Gasteiger charge is 2.24. The number of aromatic nitrogens is 2. The molecule has 1 aliphatic heterocycles. The van der Waals surface area contributed by atoms with E-state index in [9.17, 15) is 4.79 Å². The maximum atomic E-state index is 12.6. The van der Waals surface area contributed by atoms with Crippen LogP contribution in [-0.2, 0) is 0 Å². The van der Waals surface area contributed by atoms with Gasteiger partial charge in [-0.25, -0.2) is 9.97 Å². The van der Waals surface area contributed by atoms with Crippen LogP contribution in [-0.4, -0.2) is 53.0 Å². The number of piperazine rings is 1. The van der Waals surface area contributed by atoms with E-state index >= 15 is 0 Å². The lowest BCUT2D eigenvalue weighted by molar-refractivity contribution is 0.0746. The summed E-state index contributed by atoms with van der Waals surface area (Å²) in [5, 5.41) is 3.96. The van der Waals surface area contributed by atoms with Gasteiger partial charge in [-0.05, 0) is 31.0 Å². The quantitative estimate of drug-likeness (QED) is 0.911. The Morgan fingerprint density at radius 2 is 1.84 bits per heavy atom. The van der Waals surface area contributed by atoms with Gasteiger partial charge in [-0.2, -0.15) is 0 Å². The molecule has 0 bridgehead atoms. The van der Waals surface area contributed by atoms with Crippen LogP contribution >= 0.6 is 11.6 Å². The molecule has 1 saturated heterocycles. The van der Waals surface area contributed by atoms with Crippen molar-refractivity contribution in [2.75, 3.05) is 36.4 Å². The second kappa shape index (κ2) is 6.88. The average Bonchev–Trinajstić information content (AvgIpc) is 3.46. The molecule has 0 atom stereocenters. The molecule has 7 heteroatoms. The lowest BCUT2D eigenvalue weighted by atomic mass is 10.2. The predicted octanol–water partition coefficient (Wildman–Crippen LogP) is 2.67. The van der Waals surface area contributed by atoms with Crippen LogP contribution in [0.15, 0.2) is 36.7 Å². The Morgan fingerprint density at radius 3 is 2.48 bits per heavy atom. The Hall–Kier alpha value is -2.34. The van der Waals surface area contributed by atoms with Gasteiger partial charge >= 0.3 is 0 Å². The van der Waals surface area contributed by atoms with Gasteiger partial charge in [0.2, 0.25) is 5.95 Å². The minimum atomic E-state index is -0.0104. The van der Waals surface area contributed by atoms with E-state index in [1.165, 1.54) is 12.8 Å². The zero-order chi connectivity index (χ0) is 17.2. The molecule has 2 heterocycles. The minimum absolute atomic E-state index is 0.0104. The Kier molecular flexibility index (Phi) is 4.44. The largest absolute Gasteiger partial charge is 0.368 e. The van der Waals surface area contributed by atoms with Crippen LogP contribution in [0.25, 0.3) is 0 Å². The smallest absolute Gasteiger partial charge is 0.257 e. The molecule has 0 spiro atoms. The number of nitrogens with zero attached hydrogens (tertiary/aromatic N) is 4. The number of halogens is 1. The second-order valence-electron chi connectivity index (χ2n) is 6.47. The summed E-state index contributed by atoms with van der Waals surface area (Å²) in [6.07, 6.45) is 5.56. The topological polar surface area (TPSA) is 61.4 Å². The van der Waals surface area contributed by atoms with E-state index in [2.05, 4.69) is 20.2 Å². The molecule has 0 radical (unpaired) electrons. The van der Waals surface area contributed by atoms with Crippen molar-refractivity contribution in [3.8, 4) is 0 Å². The molecule has 25 heavy (non-hydrogen) atoms. The fourth-order valence-electron chi connectivity index (χ4n) is 2.95. The van der Waals surface area contributed by atoms with Crippen molar-refractivity contribution < 1.29 is 4.79 Å². The average molecular weight is 358 g/mol. The SMILES string of the molecule is O=C(c1cnc(NC2CC2)nc1)N1CCN(c2cccc(Cl)c2)CC1. The minimum Gasteiger partial charge on any atom is -0.368 e. The fraction of sp³-hybridized carbons (Fsp3) is 0.389. The standard InChI is InChI=1S/C18H20ClN5O/c19-14-2-1-3-16(10-14)23-6-8-24(9-7-23)17(25)13-11-20-18(21-12-13)22-15-4-5-15/h1-3,10-12,15H,4-9H2,(H,20,21,22). The van der Waals surface area contributed by atoms with E-state index in [4.69, 9.17) is 11.6 Å². The summed E-state index contributed by atoms with van der Waals surface area (Å²) in [6.45, 7) is 2.92. The zero-order valence-electron chi connectivity index (χ0n) is 13.9. The first-order valence-electron chi connectivity index (χ1n) is 8.57. The van der Waals surface area contributed by atoms with Crippen molar-refractivity contribution in [3.05, 3.63) is 47.2 Å². The van der Waals surface area contributed by atoms with Gasteiger partial charge in [-0.15, -0.1) is 0 Å². The zero-order valence-corrected chi connectivity index (χ0v) is 14.6. The lowest BCUT2D eigenvalue weighted by Crippen LogP contribution is -2.48. The second-order valence-corrected chi connectivity index (χ2v) is 6.91. The molecule has 4 rings (SSSR count). The summed E-state index contributed by atoms with van der Waals surface area (Å²) < 4.78 is 0. The molecule has 2 aliphatic rings. The van der Waals surface area contributed by atoms with Gasteiger partial charge < -0.3 is 15.1 Å². The number of rotatable bonds is 4. The van der Waals surface area contributed by atoms with E-state index in [-0.39, 0.29) is 5.91 Å². The molecule has 1 amide bonds. The van der Waals surface area contributed by atoms with Crippen molar-refractivity contribution in [1.82, 2.24) is 14.9 Å². The Labute approximate surface area is 151 Å². The first-order chi connectivity index (χ1) is 12.2. The van der Waals surface area contributed by atoms with Gasteiger partial charge in [0.15, 0.2) is 0 Å². The third kappa shape index (κ3) is 3.85. The molecule has 130 valence electrons. The van der Waals surface area contributed by atoms with Crippen LogP contribution in [0.1, 0.15) is 23.2 Å². The highest BCUT2D eigenvalue weighted by atomic mass is 35.5. The van der Waals surface area contributed by atoms with Crippen molar-refractivity contribution in [3.63, 3.8) is 0 Å². The van der Waals surface area contributed by atoms with E-state index in [0.29, 0.717) is 30.6 Å². The Morgan fingerprint density at radius 1 is 1.12 bits per heavy atom. The number of carbonyl (C=O) groups excluding carboxylic acids is 1. The van der Waals surface area contributed by atoms with Crippen LogP contribution in [0.2, 0.25) is 5.02 Å². The summed E-state index contributed by atoms with van der Waals surface area (Å²) in [5.41, 5.74) is 1.64. The number of carbonyl (C=O) groups is 1. The van der Waals surface area contributed by atoms with Gasteiger partial charge in [-0.1, -0.05) is 17.7 Å². The van der Waals surface area contributed by atoms with E-state index in [1.54, 1.807) is 12.4 Å². The van der Waals surface area contributed by atoms with Crippen LogP contribution in [0.5, 0.6) is 0 Å². The van der Waals surface area contributed by atoms with E-state index in [0.717, 1.165) is 23.8 Å². The summed E-state index contributed by atoms with van der Waals surface area (Å²) in [7, 11) is 0. The van der Waals surface area contributed by atoms with Gasteiger partial charge in [0.25, 0.3) is 5.91 Å². The molecule has 1 aliphatic carbocycles. The van der Waals surface area contributed by atoms with Gasteiger partial charge in [0, 0.05) is 55.3 Å². The number of anilines is 2.